The number of carbonyl (C=O) groups excluding carboxylic acids is 3. The number of ether oxygens (including phenoxy) is 1. The molecule has 0 spiro atoms. The topological polar surface area (TPSA) is 108 Å². The third-order valence-electron chi connectivity index (χ3n) is 7.50. The maximum Gasteiger partial charge on any atom is 0.408 e. The van der Waals surface area contributed by atoms with Crippen LogP contribution in [0.2, 0.25) is 0 Å². The van der Waals surface area contributed by atoms with Gasteiger partial charge in [-0.1, -0.05) is 66.6 Å². The van der Waals surface area contributed by atoms with Gasteiger partial charge in [-0.05, 0) is 96.2 Å². The molecule has 3 rings (SSSR count). The SMILES string of the molecule is CCC(C)N(C(=O)C(Cc1ccc(O)cc1)NC(=O)OC(C)(C)C)C(C(=O)Nc1c(C)cccc1C)c1cc(C)cc(C)c1. The van der Waals surface area contributed by atoms with E-state index < -0.39 is 29.7 Å². The summed E-state index contributed by atoms with van der Waals surface area (Å²) in [6.45, 7) is 16.9. The molecular weight excluding hydrogens is 554 g/mol. The van der Waals surface area contributed by atoms with Gasteiger partial charge in [-0.15, -0.1) is 0 Å². The number of aryl methyl sites for hydroxylation is 4. The fourth-order valence-corrected chi connectivity index (χ4v) is 5.30. The molecule has 3 N–H and O–H groups in total. The number of hydrogen-bond acceptors (Lipinski definition) is 5. The number of nitrogens with one attached hydrogen (secondary N) is 2. The Balaban J connectivity index is 2.15. The molecule has 3 amide bonds. The van der Waals surface area contributed by atoms with Crippen molar-refractivity contribution >= 4 is 23.6 Å². The Labute approximate surface area is 261 Å². The van der Waals surface area contributed by atoms with Crippen LogP contribution in [0.25, 0.3) is 0 Å². The van der Waals surface area contributed by atoms with E-state index in [1.54, 1.807) is 37.8 Å². The number of rotatable bonds is 10. The Morgan fingerprint density at radius 3 is 2.00 bits per heavy atom. The van der Waals surface area contributed by atoms with E-state index in [9.17, 15) is 19.5 Å². The van der Waals surface area contributed by atoms with Gasteiger partial charge >= 0.3 is 6.09 Å². The van der Waals surface area contributed by atoms with E-state index in [0.29, 0.717) is 17.7 Å². The van der Waals surface area contributed by atoms with Crippen molar-refractivity contribution in [1.82, 2.24) is 10.2 Å². The van der Waals surface area contributed by atoms with Gasteiger partial charge in [-0.25, -0.2) is 4.79 Å². The molecule has 8 heteroatoms. The number of aromatic hydroxyl groups is 1. The summed E-state index contributed by atoms with van der Waals surface area (Å²) < 4.78 is 5.53. The molecule has 0 saturated heterocycles. The number of hydrogen-bond donors (Lipinski definition) is 3. The average Bonchev–Trinajstić information content (AvgIpc) is 2.92. The van der Waals surface area contributed by atoms with Gasteiger partial charge < -0.3 is 25.4 Å². The summed E-state index contributed by atoms with van der Waals surface area (Å²) in [4.78, 5) is 43.7. The lowest BCUT2D eigenvalue weighted by atomic mass is 9.95. The lowest BCUT2D eigenvalue weighted by Gasteiger charge is -2.38. The summed E-state index contributed by atoms with van der Waals surface area (Å²) in [6.07, 6.45) is -0.0347. The van der Waals surface area contributed by atoms with Crippen molar-refractivity contribution in [3.63, 3.8) is 0 Å². The molecule has 0 fully saturated rings. The zero-order valence-corrected chi connectivity index (χ0v) is 27.4. The minimum atomic E-state index is -1.05. The highest BCUT2D eigenvalue weighted by atomic mass is 16.6. The Morgan fingerprint density at radius 2 is 1.48 bits per heavy atom. The van der Waals surface area contributed by atoms with Crippen LogP contribution in [0.4, 0.5) is 10.5 Å². The first kappa shape index (κ1) is 34.2. The number of amides is 3. The fraction of sp³-hybridized carbons (Fsp3) is 0.417. The maximum atomic E-state index is 14.7. The monoisotopic (exact) mass is 601 g/mol. The molecule has 0 aliphatic carbocycles. The van der Waals surface area contributed by atoms with Gasteiger partial charge in [0.1, 0.15) is 23.4 Å². The molecule has 44 heavy (non-hydrogen) atoms. The van der Waals surface area contributed by atoms with E-state index in [1.165, 1.54) is 12.1 Å². The standard InChI is InChI=1S/C36H47N3O5/c1-10-26(6)39(34(42)30(37-35(43)44-36(7,8)9)21-27-14-16-29(40)17-15-27)32(28-19-22(2)18-23(3)20-28)33(41)38-31-24(4)12-11-13-25(31)5/h11-20,26,30,32,40H,10,21H2,1-9H3,(H,37,43)(H,38,41). The first-order valence-electron chi connectivity index (χ1n) is 15.1. The van der Waals surface area contributed by atoms with E-state index in [4.69, 9.17) is 4.74 Å². The van der Waals surface area contributed by atoms with Crippen LogP contribution in [0.1, 0.15) is 80.5 Å². The summed E-state index contributed by atoms with van der Waals surface area (Å²) in [7, 11) is 0. The molecule has 0 aliphatic heterocycles. The number of phenols is 1. The van der Waals surface area contributed by atoms with Gasteiger partial charge in [0.05, 0.1) is 0 Å². The van der Waals surface area contributed by atoms with Crippen LogP contribution in [0, 0.1) is 27.7 Å². The first-order valence-corrected chi connectivity index (χ1v) is 15.1. The number of phenolic OH excluding ortho intramolecular Hbond substituents is 1. The molecule has 3 unspecified atom stereocenters. The molecule has 0 aliphatic rings. The third kappa shape index (κ3) is 9.09. The summed E-state index contributed by atoms with van der Waals surface area (Å²) in [5.41, 5.74) is 5.09. The van der Waals surface area contributed by atoms with Crippen LogP contribution < -0.4 is 10.6 Å². The van der Waals surface area contributed by atoms with Crippen molar-refractivity contribution in [2.75, 3.05) is 5.32 Å². The van der Waals surface area contributed by atoms with Gasteiger partial charge in [0, 0.05) is 18.2 Å². The molecule has 8 nitrogen and oxygen atoms in total. The summed E-state index contributed by atoms with van der Waals surface area (Å²) in [5, 5.41) is 15.7. The Morgan fingerprint density at radius 1 is 0.909 bits per heavy atom. The average molecular weight is 602 g/mol. The van der Waals surface area contributed by atoms with Gasteiger partial charge in [0.15, 0.2) is 0 Å². The fourth-order valence-electron chi connectivity index (χ4n) is 5.30. The van der Waals surface area contributed by atoms with Crippen LogP contribution in [0.15, 0.2) is 60.7 Å². The van der Waals surface area contributed by atoms with Crippen LogP contribution in [0.3, 0.4) is 0 Å². The van der Waals surface area contributed by atoms with Crippen molar-refractivity contribution in [3.8, 4) is 5.75 Å². The summed E-state index contributed by atoms with van der Waals surface area (Å²) in [5.74, 6) is -0.670. The molecule has 3 atom stereocenters. The smallest absolute Gasteiger partial charge is 0.408 e. The molecular formula is C36H47N3O5. The van der Waals surface area contributed by atoms with Crippen molar-refractivity contribution in [2.24, 2.45) is 0 Å². The number of alkyl carbamates (subject to hydrolysis) is 1. The Hall–Kier alpha value is -4.33. The van der Waals surface area contributed by atoms with E-state index in [1.807, 2.05) is 77.9 Å². The predicted octanol–water partition coefficient (Wildman–Crippen LogP) is 7.07. The second kappa shape index (κ2) is 14.4. The molecule has 0 saturated carbocycles. The summed E-state index contributed by atoms with van der Waals surface area (Å²) >= 11 is 0. The van der Waals surface area contributed by atoms with Crippen LogP contribution in [-0.2, 0) is 20.7 Å². The zero-order chi connectivity index (χ0) is 32.8. The molecule has 236 valence electrons. The van der Waals surface area contributed by atoms with E-state index >= 15 is 0 Å². The minimum Gasteiger partial charge on any atom is -0.508 e. The number of para-hydroxylation sites is 1. The quantitative estimate of drug-likeness (QED) is 0.230. The minimum absolute atomic E-state index is 0.0935. The molecule has 3 aromatic rings. The van der Waals surface area contributed by atoms with Crippen LogP contribution >= 0.6 is 0 Å². The van der Waals surface area contributed by atoms with Gasteiger partial charge in [-0.2, -0.15) is 0 Å². The lowest BCUT2D eigenvalue weighted by molar-refractivity contribution is -0.143. The van der Waals surface area contributed by atoms with Gasteiger partial charge in [-0.3, -0.25) is 9.59 Å². The number of anilines is 1. The molecule has 0 radical (unpaired) electrons. The van der Waals surface area contributed by atoms with Crippen LogP contribution in [-0.4, -0.2) is 45.6 Å². The zero-order valence-electron chi connectivity index (χ0n) is 27.4. The molecule has 3 aromatic carbocycles. The Kier molecular flexibility index (Phi) is 11.2. The second-order valence-electron chi connectivity index (χ2n) is 12.7. The number of benzene rings is 3. The van der Waals surface area contributed by atoms with Crippen LogP contribution in [0.5, 0.6) is 5.75 Å². The van der Waals surface area contributed by atoms with Crippen molar-refractivity contribution in [2.45, 2.75) is 98.9 Å². The van der Waals surface area contributed by atoms with E-state index in [-0.39, 0.29) is 24.1 Å². The number of nitrogens with zero attached hydrogens (tertiary/aromatic N) is 1. The van der Waals surface area contributed by atoms with Gasteiger partial charge in [0.2, 0.25) is 5.91 Å². The van der Waals surface area contributed by atoms with Gasteiger partial charge in [0.25, 0.3) is 5.91 Å². The van der Waals surface area contributed by atoms with Crippen molar-refractivity contribution in [3.05, 3.63) is 94.0 Å². The molecule has 0 aromatic heterocycles. The third-order valence-corrected chi connectivity index (χ3v) is 7.50. The first-order chi connectivity index (χ1) is 20.6. The Bertz CT molecular complexity index is 1440. The lowest BCUT2D eigenvalue weighted by Crippen LogP contribution is -2.55. The number of carbonyl (C=O) groups is 3. The van der Waals surface area contributed by atoms with Crippen molar-refractivity contribution in [1.29, 1.82) is 0 Å². The second-order valence-corrected chi connectivity index (χ2v) is 12.7. The van der Waals surface area contributed by atoms with E-state index in [0.717, 1.165) is 27.8 Å². The highest BCUT2D eigenvalue weighted by molar-refractivity contribution is 6.00. The predicted molar refractivity (Wildman–Crippen MR) is 175 cm³/mol. The maximum absolute atomic E-state index is 14.7. The largest absolute Gasteiger partial charge is 0.508 e. The highest BCUT2D eigenvalue weighted by Crippen LogP contribution is 2.31. The molecule has 0 heterocycles. The van der Waals surface area contributed by atoms with Crippen molar-refractivity contribution < 1.29 is 24.2 Å². The highest BCUT2D eigenvalue weighted by Gasteiger charge is 2.39. The van der Waals surface area contributed by atoms with E-state index in [2.05, 4.69) is 10.6 Å². The molecule has 0 bridgehead atoms. The summed E-state index contributed by atoms with van der Waals surface area (Å²) in [6, 6.07) is 15.8. The normalized spacial score (nSPS) is 13.4.